The van der Waals surface area contributed by atoms with E-state index in [1.807, 2.05) is 18.2 Å². The van der Waals surface area contributed by atoms with Crippen LogP contribution >= 0.6 is 0 Å². The highest BCUT2D eigenvalue weighted by Gasteiger charge is 2.58. The summed E-state index contributed by atoms with van der Waals surface area (Å²) in [6.45, 7) is 5.05. The molecule has 2 aromatic rings. The molecule has 2 bridgehead atoms. The molecule has 148 valence electrons. The largest absolute Gasteiger partial charge is 0.331 e. The second kappa shape index (κ2) is 6.91. The number of nitrogens with one attached hydrogen (secondary N) is 1. The van der Waals surface area contributed by atoms with Crippen LogP contribution in [0.15, 0.2) is 85.0 Å². The third-order valence-corrected chi connectivity index (χ3v) is 7.37. The van der Waals surface area contributed by atoms with Gasteiger partial charge in [0.25, 0.3) is 0 Å². The molecule has 1 fully saturated rings. The van der Waals surface area contributed by atoms with E-state index < -0.39 is 0 Å². The van der Waals surface area contributed by atoms with Gasteiger partial charge in [0, 0.05) is 23.9 Å². The predicted octanol–water partition coefficient (Wildman–Crippen LogP) is 5.30. The van der Waals surface area contributed by atoms with E-state index in [2.05, 4.69) is 90.8 Å². The average Bonchev–Trinajstić information content (AvgIpc) is 3.07. The molecule has 1 heterocycles. The Morgan fingerprint density at radius 2 is 1.66 bits per heavy atom. The van der Waals surface area contributed by atoms with Crippen molar-refractivity contribution in [2.75, 3.05) is 6.54 Å². The Morgan fingerprint density at radius 3 is 2.31 bits per heavy atom. The monoisotopic (exact) mass is 384 g/mol. The zero-order chi connectivity index (χ0) is 20.0. The molecule has 2 aromatic carbocycles. The summed E-state index contributed by atoms with van der Waals surface area (Å²) in [5.41, 5.74) is 2.45. The van der Waals surface area contributed by atoms with Gasteiger partial charge in [0.05, 0.1) is 6.04 Å². The number of carbonyl (C=O) groups is 1. The fraction of sp³-hybridized carbons (Fsp3) is 0.346. The first kappa shape index (κ1) is 18.2. The summed E-state index contributed by atoms with van der Waals surface area (Å²) in [5.74, 6) is 1.26. The predicted molar refractivity (Wildman–Crippen MR) is 116 cm³/mol. The fourth-order valence-corrected chi connectivity index (χ4v) is 5.72. The van der Waals surface area contributed by atoms with Crippen LogP contribution in [0, 0.1) is 17.3 Å². The highest BCUT2D eigenvalue weighted by Crippen LogP contribution is 2.59. The number of amides is 2. The van der Waals surface area contributed by atoms with Crippen molar-refractivity contribution in [1.82, 2.24) is 10.2 Å². The van der Waals surface area contributed by atoms with Crippen LogP contribution in [0.2, 0.25) is 0 Å². The first-order chi connectivity index (χ1) is 14.1. The molecular formula is C26H28N2O. The number of benzene rings is 2. The van der Waals surface area contributed by atoms with Gasteiger partial charge in [0.2, 0.25) is 0 Å². The van der Waals surface area contributed by atoms with E-state index in [1.54, 1.807) is 0 Å². The van der Waals surface area contributed by atoms with Gasteiger partial charge in [0.1, 0.15) is 0 Å². The van der Waals surface area contributed by atoms with Crippen LogP contribution in [0.3, 0.4) is 0 Å². The maximum Gasteiger partial charge on any atom is 0.318 e. The third kappa shape index (κ3) is 2.83. The molecule has 3 aliphatic carbocycles. The smallest absolute Gasteiger partial charge is 0.318 e. The Bertz CT molecular complexity index is 935. The minimum atomic E-state index is -0.0669. The topological polar surface area (TPSA) is 32.3 Å². The minimum absolute atomic E-state index is 0.0108. The Kier molecular flexibility index (Phi) is 4.34. The molecule has 1 saturated heterocycles. The van der Waals surface area contributed by atoms with E-state index in [4.69, 9.17) is 0 Å². The van der Waals surface area contributed by atoms with Crippen molar-refractivity contribution < 1.29 is 4.79 Å². The molecule has 0 radical (unpaired) electrons. The van der Waals surface area contributed by atoms with Crippen LogP contribution in [-0.2, 0) is 0 Å². The Hall–Kier alpha value is -2.81. The van der Waals surface area contributed by atoms with Crippen molar-refractivity contribution in [1.29, 1.82) is 0 Å². The third-order valence-electron chi connectivity index (χ3n) is 7.37. The van der Waals surface area contributed by atoms with Gasteiger partial charge in [-0.1, -0.05) is 85.0 Å². The Morgan fingerprint density at radius 1 is 1.03 bits per heavy atom. The van der Waals surface area contributed by atoms with Crippen molar-refractivity contribution in [2.24, 2.45) is 17.3 Å². The second-order valence-corrected chi connectivity index (χ2v) is 8.75. The summed E-state index contributed by atoms with van der Waals surface area (Å²) >= 11 is 0. The average molecular weight is 385 g/mol. The molecule has 29 heavy (non-hydrogen) atoms. The molecule has 0 saturated carbocycles. The number of urea groups is 1. The lowest BCUT2D eigenvalue weighted by molar-refractivity contribution is 0.182. The molecular weight excluding hydrogens is 356 g/mol. The van der Waals surface area contributed by atoms with Crippen LogP contribution in [-0.4, -0.2) is 23.5 Å². The molecule has 3 heteroatoms. The van der Waals surface area contributed by atoms with E-state index in [-0.39, 0.29) is 23.5 Å². The lowest BCUT2D eigenvalue weighted by atomic mass is 9.56. The van der Waals surface area contributed by atoms with Gasteiger partial charge in [-0.15, -0.1) is 0 Å². The van der Waals surface area contributed by atoms with E-state index >= 15 is 0 Å². The summed E-state index contributed by atoms with van der Waals surface area (Å²) in [5, 5.41) is 3.23. The second-order valence-electron chi connectivity index (χ2n) is 8.75. The number of nitrogens with zero attached hydrogens (tertiary/aromatic N) is 1. The lowest BCUT2D eigenvalue weighted by Crippen LogP contribution is -2.46. The zero-order valence-corrected chi connectivity index (χ0v) is 17.0. The van der Waals surface area contributed by atoms with Gasteiger partial charge in [-0.3, -0.25) is 0 Å². The van der Waals surface area contributed by atoms with Gasteiger partial charge in [-0.25, -0.2) is 4.79 Å². The van der Waals surface area contributed by atoms with E-state index in [0.29, 0.717) is 17.8 Å². The summed E-state index contributed by atoms with van der Waals surface area (Å²) in [6, 6.07) is 21.1. The molecule has 1 N–H and O–H groups in total. The van der Waals surface area contributed by atoms with Crippen LogP contribution in [0.25, 0.3) is 0 Å². The van der Waals surface area contributed by atoms with E-state index in [1.165, 1.54) is 5.56 Å². The molecule has 4 aliphatic rings. The highest BCUT2D eigenvalue weighted by atomic mass is 16.2. The van der Waals surface area contributed by atoms with Crippen molar-refractivity contribution in [3.8, 4) is 0 Å². The molecule has 1 spiro atoms. The van der Waals surface area contributed by atoms with Gasteiger partial charge in [-0.2, -0.15) is 0 Å². The van der Waals surface area contributed by atoms with Crippen LogP contribution < -0.4 is 5.32 Å². The highest BCUT2D eigenvalue weighted by molar-refractivity contribution is 5.76. The SMILES string of the molecule is C[C@H](NC(=O)N1C[C@@H]2[C@@H](c3ccccc3)C3C=CC2(C=C3)[C@H]1C)c1ccccc1. The molecule has 4 atom stereocenters. The van der Waals surface area contributed by atoms with Gasteiger partial charge >= 0.3 is 6.03 Å². The standard InChI is InChI=1S/C26H28N2O/c1-18(20-9-5-3-6-10-20)27-25(29)28-17-23-24(21-11-7-4-8-12-21)22-13-15-26(23,16-14-22)19(28)2/h3-16,18-19,22-24H,17H2,1-2H3,(H,27,29)/t18-,19+,22?,23+,24-,26?/m0/s1. The Balaban J connectivity index is 1.41. The van der Waals surface area contributed by atoms with Crippen molar-refractivity contribution >= 4 is 6.03 Å². The first-order valence-corrected chi connectivity index (χ1v) is 10.7. The van der Waals surface area contributed by atoms with Crippen molar-refractivity contribution in [2.45, 2.75) is 31.8 Å². The molecule has 0 unspecified atom stereocenters. The summed E-state index contributed by atoms with van der Waals surface area (Å²) in [7, 11) is 0. The summed E-state index contributed by atoms with van der Waals surface area (Å²) in [6.07, 6.45) is 9.47. The van der Waals surface area contributed by atoms with Crippen LogP contribution in [0.4, 0.5) is 4.79 Å². The number of likely N-dealkylation sites (tertiary alicyclic amines) is 1. The molecule has 6 rings (SSSR count). The van der Waals surface area contributed by atoms with Gasteiger partial charge < -0.3 is 10.2 Å². The van der Waals surface area contributed by atoms with Crippen LogP contribution in [0.1, 0.15) is 36.9 Å². The molecule has 2 amide bonds. The lowest BCUT2D eigenvalue weighted by Gasteiger charge is -2.47. The van der Waals surface area contributed by atoms with Crippen molar-refractivity contribution in [3.05, 3.63) is 96.1 Å². The summed E-state index contributed by atoms with van der Waals surface area (Å²) < 4.78 is 0. The fourth-order valence-electron chi connectivity index (χ4n) is 5.72. The maximum atomic E-state index is 13.3. The van der Waals surface area contributed by atoms with Gasteiger partial charge in [0.15, 0.2) is 0 Å². The normalized spacial score (nSPS) is 32.8. The number of hydrogen-bond acceptors (Lipinski definition) is 1. The van der Waals surface area contributed by atoms with Crippen LogP contribution in [0.5, 0.6) is 0 Å². The van der Waals surface area contributed by atoms with Gasteiger partial charge in [-0.05, 0) is 36.8 Å². The van der Waals surface area contributed by atoms with E-state index in [0.717, 1.165) is 12.1 Å². The number of hydrogen-bond donors (Lipinski definition) is 1. The Labute approximate surface area is 173 Å². The minimum Gasteiger partial charge on any atom is -0.331 e. The van der Waals surface area contributed by atoms with E-state index in [9.17, 15) is 4.79 Å². The number of carbonyl (C=O) groups excluding carboxylic acids is 1. The summed E-state index contributed by atoms with van der Waals surface area (Å²) in [4.78, 5) is 15.3. The first-order valence-electron chi connectivity index (χ1n) is 10.7. The molecule has 0 aromatic heterocycles. The zero-order valence-electron chi connectivity index (χ0n) is 17.0. The quantitative estimate of drug-likeness (QED) is 0.715. The number of allylic oxidation sites excluding steroid dienone is 2. The number of rotatable bonds is 3. The molecule has 3 nitrogen and oxygen atoms in total. The maximum absolute atomic E-state index is 13.3. The molecule has 1 aliphatic heterocycles. The van der Waals surface area contributed by atoms with Crippen molar-refractivity contribution in [3.63, 3.8) is 0 Å².